The third kappa shape index (κ3) is 6.20. The van der Waals surface area contributed by atoms with Gasteiger partial charge in [-0.3, -0.25) is 0 Å². The third-order valence-electron chi connectivity index (χ3n) is 2.50. The minimum atomic E-state index is -1.14. The molecule has 116 valence electrons. The zero-order valence-electron chi connectivity index (χ0n) is 12.7. The summed E-state index contributed by atoms with van der Waals surface area (Å²) in [5, 5.41) is 11.5. The lowest BCUT2D eigenvalue weighted by Gasteiger charge is -2.22. The topological polar surface area (TPSA) is 101 Å². The van der Waals surface area contributed by atoms with Crippen molar-refractivity contribution in [1.29, 1.82) is 0 Å². The Kier molecular flexibility index (Phi) is 5.63. The fourth-order valence-electron chi connectivity index (χ4n) is 1.56. The number of nitrogens with zero attached hydrogens (tertiary/aromatic N) is 2. The van der Waals surface area contributed by atoms with Crippen LogP contribution in [0.15, 0.2) is 12.4 Å². The Morgan fingerprint density at radius 1 is 1.33 bits per heavy atom. The van der Waals surface area contributed by atoms with E-state index in [4.69, 9.17) is 4.74 Å². The highest BCUT2D eigenvalue weighted by Gasteiger charge is 2.24. The molecule has 0 aliphatic rings. The standard InChI is InChI=1S/C14H21N3O4/c1-5-11-15-7-9(8-16-11)6-10(12(18)19)17-13(20)21-14(2,3)4/h7-8,10H,5-6H2,1-4H3,(H,17,20)(H,18,19). The summed E-state index contributed by atoms with van der Waals surface area (Å²) in [4.78, 5) is 31.1. The van der Waals surface area contributed by atoms with Crippen LogP contribution in [-0.2, 0) is 22.4 Å². The molecule has 0 radical (unpaired) electrons. The van der Waals surface area contributed by atoms with E-state index in [1.807, 2.05) is 6.92 Å². The molecule has 1 unspecified atom stereocenters. The number of carbonyl (C=O) groups is 2. The highest BCUT2D eigenvalue weighted by atomic mass is 16.6. The molecule has 1 heterocycles. The highest BCUT2D eigenvalue weighted by molar-refractivity contribution is 5.80. The van der Waals surface area contributed by atoms with Crippen LogP contribution in [0, 0.1) is 0 Å². The number of carbonyl (C=O) groups excluding carboxylic acids is 1. The Bertz CT molecular complexity index is 494. The second-order valence-electron chi connectivity index (χ2n) is 5.60. The Labute approximate surface area is 123 Å². The van der Waals surface area contributed by atoms with Crippen molar-refractivity contribution in [3.63, 3.8) is 0 Å². The predicted molar refractivity (Wildman–Crippen MR) is 75.9 cm³/mol. The molecule has 1 amide bonds. The maximum Gasteiger partial charge on any atom is 0.408 e. The lowest BCUT2D eigenvalue weighted by atomic mass is 10.1. The number of hydrogen-bond donors (Lipinski definition) is 2. The van der Waals surface area contributed by atoms with Crippen LogP contribution < -0.4 is 5.32 Å². The fraction of sp³-hybridized carbons (Fsp3) is 0.571. The first-order valence-electron chi connectivity index (χ1n) is 6.73. The molecule has 0 saturated carbocycles. The second-order valence-corrected chi connectivity index (χ2v) is 5.60. The summed E-state index contributed by atoms with van der Waals surface area (Å²) >= 11 is 0. The average molecular weight is 295 g/mol. The Hall–Kier alpha value is -2.18. The van der Waals surface area contributed by atoms with Crippen LogP contribution >= 0.6 is 0 Å². The molecule has 1 atom stereocenters. The number of hydrogen-bond acceptors (Lipinski definition) is 5. The predicted octanol–water partition coefficient (Wildman–Crippen LogP) is 1.56. The molecule has 21 heavy (non-hydrogen) atoms. The van der Waals surface area contributed by atoms with Gasteiger partial charge < -0.3 is 15.2 Å². The molecule has 0 spiro atoms. The number of rotatable bonds is 5. The number of aromatic nitrogens is 2. The van der Waals surface area contributed by atoms with Crippen molar-refractivity contribution >= 4 is 12.1 Å². The first kappa shape index (κ1) is 16.9. The van der Waals surface area contributed by atoms with Crippen LogP contribution in [-0.4, -0.2) is 38.8 Å². The number of amides is 1. The first-order valence-corrected chi connectivity index (χ1v) is 6.73. The molecule has 1 aromatic heterocycles. The summed E-state index contributed by atoms with van der Waals surface area (Å²) in [7, 11) is 0. The zero-order chi connectivity index (χ0) is 16.0. The SMILES string of the molecule is CCc1ncc(CC(NC(=O)OC(C)(C)C)C(=O)O)cn1. The van der Waals surface area contributed by atoms with Gasteiger partial charge in [0.2, 0.25) is 0 Å². The molecular weight excluding hydrogens is 274 g/mol. The molecule has 7 heteroatoms. The summed E-state index contributed by atoms with van der Waals surface area (Å²) in [6.45, 7) is 7.05. The average Bonchev–Trinajstić information content (AvgIpc) is 2.36. The second kappa shape index (κ2) is 7.01. The quantitative estimate of drug-likeness (QED) is 0.854. The monoisotopic (exact) mass is 295 g/mol. The minimum absolute atomic E-state index is 0.0958. The molecule has 1 rings (SSSR count). The van der Waals surface area contributed by atoms with Crippen LogP contribution in [0.1, 0.15) is 39.1 Å². The highest BCUT2D eigenvalue weighted by Crippen LogP contribution is 2.08. The van der Waals surface area contributed by atoms with Crippen LogP contribution in [0.2, 0.25) is 0 Å². The van der Waals surface area contributed by atoms with Gasteiger partial charge in [0.15, 0.2) is 0 Å². The largest absolute Gasteiger partial charge is 0.480 e. The van der Waals surface area contributed by atoms with Gasteiger partial charge in [-0.1, -0.05) is 6.92 Å². The Morgan fingerprint density at radius 3 is 2.33 bits per heavy atom. The van der Waals surface area contributed by atoms with Gasteiger partial charge in [-0.05, 0) is 26.3 Å². The molecule has 7 nitrogen and oxygen atoms in total. The van der Waals surface area contributed by atoms with E-state index >= 15 is 0 Å². The van der Waals surface area contributed by atoms with Gasteiger partial charge in [-0.2, -0.15) is 0 Å². The van der Waals surface area contributed by atoms with Crippen LogP contribution in [0.25, 0.3) is 0 Å². The van der Waals surface area contributed by atoms with E-state index in [0.717, 1.165) is 0 Å². The number of carboxylic acid groups (broad SMARTS) is 1. The summed E-state index contributed by atoms with van der Waals surface area (Å²) in [5.74, 6) is -0.453. The van der Waals surface area contributed by atoms with Crippen LogP contribution in [0.3, 0.4) is 0 Å². The van der Waals surface area contributed by atoms with Crippen molar-refractivity contribution in [3.05, 3.63) is 23.8 Å². The molecule has 0 bridgehead atoms. The third-order valence-corrected chi connectivity index (χ3v) is 2.50. The Morgan fingerprint density at radius 2 is 1.90 bits per heavy atom. The van der Waals surface area contributed by atoms with E-state index in [1.54, 1.807) is 33.2 Å². The van der Waals surface area contributed by atoms with Crippen molar-refractivity contribution in [1.82, 2.24) is 15.3 Å². The van der Waals surface area contributed by atoms with Crippen molar-refractivity contribution in [2.24, 2.45) is 0 Å². The number of carboxylic acids is 1. The van der Waals surface area contributed by atoms with E-state index < -0.39 is 23.7 Å². The van der Waals surface area contributed by atoms with E-state index in [9.17, 15) is 14.7 Å². The number of nitrogens with one attached hydrogen (secondary N) is 1. The van der Waals surface area contributed by atoms with E-state index in [0.29, 0.717) is 17.8 Å². The van der Waals surface area contributed by atoms with Gasteiger partial charge in [-0.15, -0.1) is 0 Å². The van der Waals surface area contributed by atoms with Gasteiger partial charge >= 0.3 is 12.1 Å². The number of ether oxygens (including phenoxy) is 1. The van der Waals surface area contributed by atoms with Gasteiger partial charge in [-0.25, -0.2) is 19.6 Å². The van der Waals surface area contributed by atoms with Gasteiger partial charge in [0.25, 0.3) is 0 Å². The summed E-state index contributed by atoms with van der Waals surface area (Å²) in [6, 6.07) is -1.09. The van der Waals surface area contributed by atoms with E-state index in [-0.39, 0.29) is 6.42 Å². The first-order chi connectivity index (χ1) is 9.71. The smallest absolute Gasteiger partial charge is 0.408 e. The van der Waals surface area contributed by atoms with Crippen molar-refractivity contribution in [2.75, 3.05) is 0 Å². The van der Waals surface area contributed by atoms with Crippen molar-refractivity contribution in [3.8, 4) is 0 Å². The summed E-state index contributed by atoms with van der Waals surface area (Å²) < 4.78 is 5.05. The van der Waals surface area contributed by atoms with Crippen LogP contribution in [0.5, 0.6) is 0 Å². The molecule has 0 aromatic carbocycles. The Balaban J connectivity index is 2.69. The summed E-state index contributed by atoms with van der Waals surface area (Å²) in [5.41, 5.74) is -0.0467. The lowest BCUT2D eigenvalue weighted by Crippen LogP contribution is -2.44. The summed E-state index contributed by atoms with van der Waals surface area (Å²) in [6.07, 6.45) is 3.18. The lowest BCUT2D eigenvalue weighted by molar-refractivity contribution is -0.139. The molecule has 0 aliphatic heterocycles. The molecule has 0 fully saturated rings. The molecule has 0 aliphatic carbocycles. The molecule has 0 saturated heterocycles. The van der Waals surface area contributed by atoms with Crippen LogP contribution in [0.4, 0.5) is 4.79 Å². The van der Waals surface area contributed by atoms with Gasteiger partial charge in [0, 0.05) is 25.2 Å². The van der Waals surface area contributed by atoms with E-state index in [2.05, 4.69) is 15.3 Å². The van der Waals surface area contributed by atoms with Crippen molar-refractivity contribution < 1.29 is 19.4 Å². The fourth-order valence-corrected chi connectivity index (χ4v) is 1.56. The number of alkyl carbamates (subject to hydrolysis) is 1. The minimum Gasteiger partial charge on any atom is -0.480 e. The normalized spacial score (nSPS) is 12.6. The maximum atomic E-state index is 11.6. The van der Waals surface area contributed by atoms with Gasteiger partial charge in [0.1, 0.15) is 17.5 Å². The van der Waals surface area contributed by atoms with Gasteiger partial charge in [0.05, 0.1) is 0 Å². The van der Waals surface area contributed by atoms with E-state index in [1.165, 1.54) is 0 Å². The molecular formula is C14H21N3O4. The number of aryl methyl sites for hydroxylation is 1. The molecule has 1 aromatic rings. The van der Waals surface area contributed by atoms with Crippen molar-refractivity contribution in [2.45, 2.75) is 52.2 Å². The molecule has 2 N–H and O–H groups in total. The maximum absolute atomic E-state index is 11.6. The number of aliphatic carboxylic acids is 1. The zero-order valence-corrected chi connectivity index (χ0v) is 12.7.